The van der Waals surface area contributed by atoms with Crippen LogP contribution in [0.3, 0.4) is 0 Å². The highest BCUT2D eigenvalue weighted by Gasteiger charge is 2.43. The number of aliphatic hydroxyl groups is 2. The van der Waals surface area contributed by atoms with Crippen molar-refractivity contribution < 1.29 is 10.2 Å². The Hall–Kier alpha value is -0.640. The van der Waals surface area contributed by atoms with Gasteiger partial charge in [-0.05, 0) is 75.9 Å². The van der Waals surface area contributed by atoms with Crippen LogP contribution in [0.15, 0.2) is 23.8 Å². The fourth-order valence-corrected chi connectivity index (χ4v) is 5.61. The summed E-state index contributed by atoms with van der Waals surface area (Å²) in [6.45, 7) is 12.5. The van der Waals surface area contributed by atoms with Crippen LogP contribution >= 0.6 is 0 Å². The average Bonchev–Trinajstić information content (AvgIpc) is 3.23. The monoisotopic (exact) mass is 419 g/mol. The van der Waals surface area contributed by atoms with E-state index in [0.717, 1.165) is 32.4 Å². The third kappa shape index (κ3) is 8.13. The van der Waals surface area contributed by atoms with Crippen LogP contribution in [-0.2, 0) is 0 Å². The van der Waals surface area contributed by atoms with E-state index in [9.17, 15) is 10.2 Å². The fraction of sp³-hybridized carbons (Fsp3) is 0.852. The molecule has 0 aromatic carbocycles. The highest BCUT2D eigenvalue weighted by atomic mass is 16.3. The van der Waals surface area contributed by atoms with Gasteiger partial charge in [-0.2, -0.15) is 0 Å². The zero-order chi connectivity index (χ0) is 21.9. The smallest absolute Gasteiger partial charge is 0.0723 e. The lowest BCUT2D eigenvalue weighted by atomic mass is 9.88. The molecule has 2 aliphatic rings. The molecule has 1 saturated carbocycles. The van der Waals surface area contributed by atoms with Crippen molar-refractivity contribution >= 4 is 0 Å². The Morgan fingerprint density at radius 2 is 1.90 bits per heavy atom. The van der Waals surface area contributed by atoms with Crippen LogP contribution in [0.4, 0.5) is 0 Å². The van der Waals surface area contributed by atoms with Crippen LogP contribution in [0.2, 0.25) is 0 Å². The van der Waals surface area contributed by atoms with Gasteiger partial charge in [0, 0.05) is 5.92 Å². The number of allylic oxidation sites excluding steroid dienone is 2. The largest absolute Gasteiger partial charge is 0.392 e. The van der Waals surface area contributed by atoms with E-state index in [-0.39, 0.29) is 18.1 Å². The van der Waals surface area contributed by atoms with Crippen molar-refractivity contribution in [2.75, 3.05) is 19.6 Å². The molecule has 6 atom stereocenters. The zero-order valence-electron chi connectivity index (χ0n) is 20.2. The summed E-state index contributed by atoms with van der Waals surface area (Å²) in [7, 11) is 0. The molecule has 0 unspecified atom stereocenters. The van der Waals surface area contributed by atoms with Crippen LogP contribution in [0.5, 0.6) is 0 Å². The molecule has 0 amide bonds. The quantitative estimate of drug-likeness (QED) is 0.254. The van der Waals surface area contributed by atoms with Gasteiger partial charge in [-0.25, -0.2) is 0 Å². The van der Waals surface area contributed by atoms with Gasteiger partial charge in [0.2, 0.25) is 0 Å². The summed E-state index contributed by atoms with van der Waals surface area (Å²) in [6, 6.07) is 0. The van der Waals surface area contributed by atoms with Gasteiger partial charge in [0.25, 0.3) is 0 Å². The first-order valence-corrected chi connectivity index (χ1v) is 12.9. The molecule has 0 radical (unpaired) electrons. The van der Waals surface area contributed by atoms with Crippen molar-refractivity contribution in [1.29, 1.82) is 0 Å². The summed E-state index contributed by atoms with van der Waals surface area (Å²) in [6.07, 6.45) is 17.7. The highest BCUT2D eigenvalue weighted by molar-refractivity contribution is 5.21. The third-order valence-corrected chi connectivity index (χ3v) is 7.57. The Morgan fingerprint density at radius 1 is 1.13 bits per heavy atom. The summed E-state index contributed by atoms with van der Waals surface area (Å²) in [5, 5.41) is 21.0. The third-order valence-electron chi connectivity index (χ3n) is 7.57. The minimum Gasteiger partial charge on any atom is -0.392 e. The number of unbranched alkanes of at least 4 members (excludes halogenated alkanes) is 3. The Balaban J connectivity index is 1.72. The van der Waals surface area contributed by atoms with Gasteiger partial charge in [0.05, 0.1) is 12.2 Å². The zero-order valence-corrected chi connectivity index (χ0v) is 20.2. The second-order valence-corrected chi connectivity index (χ2v) is 10.0. The maximum Gasteiger partial charge on any atom is 0.0723 e. The van der Waals surface area contributed by atoms with Gasteiger partial charge in [-0.15, -0.1) is 0 Å². The first kappa shape index (κ1) is 25.6. The lowest BCUT2D eigenvalue weighted by Gasteiger charge is -2.20. The normalized spacial score (nSPS) is 28.3. The van der Waals surface area contributed by atoms with Crippen LogP contribution < -0.4 is 0 Å². The number of aliphatic hydroxyl groups excluding tert-OH is 2. The molecule has 2 rings (SSSR count). The van der Waals surface area contributed by atoms with Crippen LogP contribution in [0.25, 0.3) is 0 Å². The van der Waals surface area contributed by atoms with E-state index in [2.05, 4.69) is 44.7 Å². The molecule has 3 nitrogen and oxygen atoms in total. The molecular formula is C27H49NO2. The molecular weight excluding hydrogens is 370 g/mol. The number of fused-ring (bicyclic) bond motifs is 1. The molecule has 2 aliphatic carbocycles. The van der Waals surface area contributed by atoms with Gasteiger partial charge in [0.1, 0.15) is 0 Å². The molecule has 3 heteroatoms. The second-order valence-electron chi connectivity index (χ2n) is 10.0. The summed E-state index contributed by atoms with van der Waals surface area (Å²) < 4.78 is 0. The summed E-state index contributed by atoms with van der Waals surface area (Å²) in [5.74, 6) is 1.87. The lowest BCUT2D eigenvalue weighted by Crippen LogP contribution is -2.23. The van der Waals surface area contributed by atoms with Gasteiger partial charge >= 0.3 is 0 Å². The first-order valence-electron chi connectivity index (χ1n) is 12.9. The van der Waals surface area contributed by atoms with Crippen LogP contribution in [-0.4, -0.2) is 47.0 Å². The van der Waals surface area contributed by atoms with E-state index in [1.165, 1.54) is 51.5 Å². The van der Waals surface area contributed by atoms with E-state index in [1.54, 1.807) is 5.57 Å². The second kappa shape index (κ2) is 13.7. The minimum atomic E-state index is -0.372. The van der Waals surface area contributed by atoms with Gasteiger partial charge in [-0.3, -0.25) is 0 Å². The topological polar surface area (TPSA) is 43.7 Å². The molecule has 30 heavy (non-hydrogen) atoms. The maximum absolute atomic E-state index is 10.6. The van der Waals surface area contributed by atoms with E-state index in [1.807, 2.05) is 6.08 Å². The number of hydrogen-bond donors (Lipinski definition) is 2. The summed E-state index contributed by atoms with van der Waals surface area (Å²) in [4.78, 5) is 2.51. The van der Waals surface area contributed by atoms with Gasteiger partial charge in [0.15, 0.2) is 0 Å². The molecule has 0 saturated heterocycles. The van der Waals surface area contributed by atoms with Gasteiger partial charge < -0.3 is 15.1 Å². The number of rotatable bonds is 15. The molecule has 2 N–H and O–H groups in total. The van der Waals surface area contributed by atoms with Crippen molar-refractivity contribution in [3.8, 4) is 0 Å². The maximum atomic E-state index is 10.6. The minimum absolute atomic E-state index is 0.215. The van der Waals surface area contributed by atoms with E-state index < -0.39 is 0 Å². The average molecular weight is 420 g/mol. The number of nitrogens with zero attached hydrogens (tertiary/aromatic N) is 1. The SMILES string of the molecule is CCCC[C@@H](C)C[C@H](O)C=C[C@@H]1[C@H]2CC(CCCCCN(CC)CC)=C[C@H]2C[C@H]1O. The lowest BCUT2D eigenvalue weighted by molar-refractivity contribution is 0.139. The molecule has 0 aromatic rings. The van der Waals surface area contributed by atoms with Gasteiger partial charge in [-0.1, -0.05) is 77.2 Å². The molecule has 1 fully saturated rings. The van der Waals surface area contributed by atoms with Crippen LogP contribution in [0.1, 0.15) is 91.9 Å². The Labute approximate surface area is 186 Å². The van der Waals surface area contributed by atoms with E-state index in [4.69, 9.17) is 0 Å². The first-order chi connectivity index (χ1) is 14.5. The number of hydrogen-bond acceptors (Lipinski definition) is 3. The molecule has 0 aliphatic heterocycles. The Bertz CT molecular complexity index is 525. The van der Waals surface area contributed by atoms with E-state index >= 15 is 0 Å². The fourth-order valence-electron chi connectivity index (χ4n) is 5.61. The molecule has 0 spiro atoms. The Kier molecular flexibility index (Phi) is 11.7. The molecule has 0 aromatic heterocycles. The van der Waals surface area contributed by atoms with Crippen molar-refractivity contribution in [2.24, 2.45) is 23.7 Å². The summed E-state index contributed by atoms with van der Waals surface area (Å²) in [5.41, 5.74) is 1.62. The van der Waals surface area contributed by atoms with Crippen molar-refractivity contribution in [3.63, 3.8) is 0 Å². The van der Waals surface area contributed by atoms with Crippen molar-refractivity contribution in [1.82, 2.24) is 4.90 Å². The van der Waals surface area contributed by atoms with Crippen LogP contribution in [0, 0.1) is 23.7 Å². The standard InChI is InChI=1S/C27H49NO2/c1-5-8-12-21(4)17-24(29)14-15-25-26-19-22(18-23(26)20-27(25)30)13-10-9-11-16-28(6-2)7-3/h14-15,18,21,23-27,29-30H,5-13,16-17,19-20H2,1-4H3/t21-,23+,24-,25-,26+,27-/m1/s1. The summed E-state index contributed by atoms with van der Waals surface area (Å²) >= 11 is 0. The van der Waals surface area contributed by atoms with Crippen molar-refractivity contribution in [3.05, 3.63) is 23.8 Å². The highest BCUT2D eigenvalue weighted by Crippen LogP contribution is 2.48. The van der Waals surface area contributed by atoms with Crippen molar-refractivity contribution in [2.45, 2.75) is 104 Å². The predicted molar refractivity (Wildman–Crippen MR) is 129 cm³/mol. The molecule has 174 valence electrons. The molecule has 0 bridgehead atoms. The predicted octanol–water partition coefficient (Wildman–Crippen LogP) is 5.97. The Morgan fingerprint density at radius 3 is 2.60 bits per heavy atom. The van der Waals surface area contributed by atoms with E-state index in [0.29, 0.717) is 17.8 Å². The molecule has 0 heterocycles.